The second-order valence-electron chi connectivity index (χ2n) is 5.03. The number of aromatic nitrogens is 2. The van der Waals surface area contributed by atoms with Gasteiger partial charge in [-0.05, 0) is 32.4 Å². The number of hydrogen-bond donors (Lipinski definition) is 1. The highest BCUT2D eigenvalue weighted by Gasteiger charge is 2.44. The number of nitrogens with zero attached hydrogens (tertiary/aromatic N) is 4. The zero-order valence-corrected chi connectivity index (χ0v) is 12.3. The number of nitrogens with one attached hydrogen (secondary N) is 1. The number of hydrogen-bond acceptors (Lipinski definition) is 7. The molecule has 0 aromatic carbocycles. The summed E-state index contributed by atoms with van der Waals surface area (Å²) in [5.74, 6) is -1.29. The van der Waals surface area contributed by atoms with E-state index in [0.717, 1.165) is 0 Å². The molecule has 0 radical (unpaired) electrons. The molecule has 0 unspecified atom stereocenters. The van der Waals surface area contributed by atoms with Crippen molar-refractivity contribution in [2.24, 2.45) is 0 Å². The normalized spacial score (nSPS) is 17.6. The van der Waals surface area contributed by atoms with Gasteiger partial charge in [0, 0.05) is 0 Å². The third-order valence-electron chi connectivity index (χ3n) is 3.24. The quantitative estimate of drug-likeness (QED) is 0.367. The van der Waals surface area contributed by atoms with Gasteiger partial charge in [0.1, 0.15) is 17.8 Å². The first-order valence-electron chi connectivity index (χ1n) is 5.95. The number of anilines is 1. The fourth-order valence-corrected chi connectivity index (χ4v) is 2.25. The number of aryl methyl sites for hydroxylation is 1. The molecule has 0 spiro atoms. The average Bonchev–Trinajstić information content (AvgIpc) is 2.32. The van der Waals surface area contributed by atoms with Gasteiger partial charge in [-0.2, -0.15) is 4.98 Å². The molecule has 0 bridgehead atoms. The van der Waals surface area contributed by atoms with Crippen molar-refractivity contribution < 1.29 is 14.5 Å². The van der Waals surface area contributed by atoms with Gasteiger partial charge in [-0.1, -0.05) is 0 Å². The molecule has 1 fully saturated rings. The minimum atomic E-state index is -1.19. The van der Waals surface area contributed by atoms with Crippen LogP contribution in [0.3, 0.4) is 0 Å². The molecule has 2 amide bonds. The Morgan fingerprint density at radius 1 is 1.38 bits per heavy atom. The second kappa shape index (κ2) is 4.92. The van der Waals surface area contributed by atoms with Crippen LogP contribution in [0, 0.1) is 17.0 Å². The number of rotatable bonds is 2. The van der Waals surface area contributed by atoms with Crippen LogP contribution < -0.4 is 10.2 Å². The lowest BCUT2D eigenvalue weighted by molar-refractivity contribution is -0.385. The standard InChI is InChI=1S/C11H12ClN5O4/c1-5-7(17(20)21)8(15-10(12)13-5)16-4-6(18)14-9(19)11(16,2)3/h4H2,1-3H3,(H,14,18,19). The van der Waals surface area contributed by atoms with Crippen LogP contribution >= 0.6 is 11.6 Å². The van der Waals surface area contributed by atoms with Crippen LogP contribution in [0.15, 0.2) is 0 Å². The zero-order valence-electron chi connectivity index (χ0n) is 11.5. The van der Waals surface area contributed by atoms with E-state index in [-0.39, 0.29) is 29.0 Å². The van der Waals surface area contributed by atoms with Crippen molar-refractivity contribution in [3.63, 3.8) is 0 Å². The predicted octanol–water partition coefficient (Wildman–Crippen LogP) is 0.588. The molecular formula is C11H12ClN5O4. The summed E-state index contributed by atoms with van der Waals surface area (Å²) in [6, 6.07) is 0. The summed E-state index contributed by atoms with van der Waals surface area (Å²) in [7, 11) is 0. The van der Waals surface area contributed by atoms with E-state index in [1.54, 1.807) is 0 Å². The maximum Gasteiger partial charge on any atom is 0.332 e. The van der Waals surface area contributed by atoms with Crippen LogP contribution in [0.2, 0.25) is 5.28 Å². The first kappa shape index (κ1) is 15.1. The van der Waals surface area contributed by atoms with Crippen molar-refractivity contribution in [2.75, 3.05) is 11.4 Å². The molecule has 1 N–H and O–H groups in total. The van der Waals surface area contributed by atoms with Crippen molar-refractivity contribution in [3.05, 3.63) is 21.1 Å². The molecule has 21 heavy (non-hydrogen) atoms. The molecule has 1 saturated heterocycles. The summed E-state index contributed by atoms with van der Waals surface area (Å²) < 4.78 is 0. The highest BCUT2D eigenvalue weighted by atomic mass is 35.5. The lowest BCUT2D eigenvalue weighted by Gasteiger charge is -2.40. The lowest BCUT2D eigenvalue weighted by Crippen LogP contribution is -2.64. The highest BCUT2D eigenvalue weighted by molar-refractivity contribution is 6.28. The van der Waals surface area contributed by atoms with Crippen LogP contribution in [0.25, 0.3) is 0 Å². The minimum absolute atomic E-state index is 0.0595. The third kappa shape index (κ3) is 2.51. The fourth-order valence-electron chi connectivity index (χ4n) is 2.04. The van der Waals surface area contributed by atoms with Crippen LogP contribution in [-0.4, -0.2) is 38.8 Å². The molecule has 10 heteroatoms. The second-order valence-corrected chi connectivity index (χ2v) is 5.37. The SMILES string of the molecule is Cc1nc(Cl)nc(N2CC(=O)NC(=O)C2(C)C)c1[N+](=O)[O-]. The van der Waals surface area contributed by atoms with Gasteiger partial charge in [0.25, 0.3) is 5.91 Å². The molecule has 0 saturated carbocycles. The molecule has 9 nitrogen and oxygen atoms in total. The summed E-state index contributed by atoms with van der Waals surface area (Å²) in [5.41, 5.74) is -1.51. The summed E-state index contributed by atoms with van der Waals surface area (Å²) in [6.45, 7) is 4.23. The fraction of sp³-hybridized carbons (Fsp3) is 0.455. The molecule has 1 aliphatic heterocycles. The lowest BCUT2D eigenvalue weighted by atomic mass is 9.98. The number of halogens is 1. The average molecular weight is 314 g/mol. The number of piperazine rings is 1. The largest absolute Gasteiger partial charge is 0.332 e. The molecule has 1 aromatic heterocycles. The number of amides is 2. The number of carbonyl (C=O) groups excluding carboxylic acids is 2. The Kier molecular flexibility index (Phi) is 3.54. The molecule has 112 valence electrons. The van der Waals surface area contributed by atoms with Gasteiger partial charge >= 0.3 is 5.69 Å². The molecule has 1 aromatic rings. The van der Waals surface area contributed by atoms with E-state index >= 15 is 0 Å². The molecule has 2 rings (SSSR count). The summed E-state index contributed by atoms with van der Waals surface area (Å²) in [4.78, 5) is 42.9. The van der Waals surface area contributed by atoms with E-state index in [4.69, 9.17) is 11.6 Å². The van der Waals surface area contributed by atoms with Gasteiger partial charge in [0.15, 0.2) is 0 Å². The molecule has 0 atom stereocenters. The highest BCUT2D eigenvalue weighted by Crippen LogP contribution is 2.34. The van der Waals surface area contributed by atoms with Crippen LogP contribution in [-0.2, 0) is 9.59 Å². The molecule has 1 aliphatic rings. The Morgan fingerprint density at radius 3 is 2.57 bits per heavy atom. The third-order valence-corrected chi connectivity index (χ3v) is 3.41. The Hall–Kier alpha value is -2.29. The first-order valence-corrected chi connectivity index (χ1v) is 6.33. The topological polar surface area (TPSA) is 118 Å². The van der Waals surface area contributed by atoms with Crippen molar-refractivity contribution in [3.8, 4) is 0 Å². The Morgan fingerprint density at radius 2 is 2.00 bits per heavy atom. The van der Waals surface area contributed by atoms with Crippen LogP contribution in [0.1, 0.15) is 19.5 Å². The Bertz CT molecular complexity index is 660. The number of nitro groups is 1. The van der Waals surface area contributed by atoms with E-state index in [2.05, 4.69) is 15.3 Å². The zero-order chi connectivity index (χ0) is 15.9. The summed E-state index contributed by atoms with van der Waals surface area (Å²) in [5, 5.41) is 13.2. The van der Waals surface area contributed by atoms with Crippen molar-refractivity contribution in [1.29, 1.82) is 0 Å². The maximum atomic E-state index is 11.9. The van der Waals surface area contributed by atoms with Crippen molar-refractivity contribution >= 4 is 34.9 Å². The van der Waals surface area contributed by atoms with E-state index in [1.807, 2.05) is 0 Å². The van der Waals surface area contributed by atoms with Gasteiger partial charge in [-0.15, -0.1) is 0 Å². The van der Waals surface area contributed by atoms with Gasteiger partial charge in [-0.3, -0.25) is 25.0 Å². The van der Waals surface area contributed by atoms with Crippen LogP contribution in [0.5, 0.6) is 0 Å². The first-order chi connectivity index (χ1) is 9.64. The number of imide groups is 1. The van der Waals surface area contributed by atoms with E-state index in [9.17, 15) is 19.7 Å². The Labute approximate surface area is 124 Å². The van der Waals surface area contributed by atoms with E-state index in [1.165, 1.54) is 25.7 Å². The number of carbonyl (C=O) groups is 2. The molecule has 0 aliphatic carbocycles. The van der Waals surface area contributed by atoms with Gasteiger partial charge in [-0.25, -0.2) is 4.98 Å². The summed E-state index contributed by atoms with van der Waals surface area (Å²) in [6.07, 6.45) is 0. The predicted molar refractivity (Wildman–Crippen MR) is 73.0 cm³/mol. The van der Waals surface area contributed by atoms with Crippen LogP contribution in [0.4, 0.5) is 11.5 Å². The minimum Gasteiger partial charge on any atom is -0.327 e. The summed E-state index contributed by atoms with van der Waals surface area (Å²) >= 11 is 5.75. The molecular weight excluding hydrogens is 302 g/mol. The van der Waals surface area contributed by atoms with Crippen molar-refractivity contribution in [1.82, 2.24) is 15.3 Å². The smallest absolute Gasteiger partial charge is 0.327 e. The van der Waals surface area contributed by atoms with E-state index in [0.29, 0.717) is 0 Å². The van der Waals surface area contributed by atoms with Gasteiger partial charge in [0.2, 0.25) is 17.0 Å². The van der Waals surface area contributed by atoms with E-state index < -0.39 is 22.3 Å². The van der Waals surface area contributed by atoms with Gasteiger partial charge < -0.3 is 4.90 Å². The Balaban J connectivity index is 2.67. The molecule has 2 heterocycles. The van der Waals surface area contributed by atoms with Crippen molar-refractivity contribution in [2.45, 2.75) is 26.3 Å². The maximum absolute atomic E-state index is 11.9. The van der Waals surface area contributed by atoms with Gasteiger partial charge in [0.05, 0.1) is 4.92 Å². The monoisotopic (exact) mass is 313 g/mol.